The molecule has 0 radical (unpaired) electrons. The van der Waals surface area contributed by atoms with Crippen molar-refractivity contribution in [2.75, 3.05) is 42.0 Å². The van der Waals surface area contributed by atoms with Crippen LogP contribution in [0.4, 0.5) is 0 Å². The predicted octanol–water partition coefficient (Wildman–Crippen LogP) is 4.42. The quantitative estimate of drug-likeness (QED) is 0.289. The number of carbonyl (C=O) groups excluding carboxylic acids is 1. The van der Waals surface area contributed by atoms with Gasteiger partial charge in [-0.25, -0.2) is 4.79 Å². The van der Waals surface area contributed by atoms with E-state index >= 15 is 0 Å². The monoisotopic (exact) mass is 582 g/mol. The molecule has 2 N–H and O–H groups in total. The number of carbonyl (C=O) groups is 1. The fourth-order valence-electron chi connectivity index (χ4n) is 5.48. The van der Waals surface area contributed by atoms with Crippen LogP contribution in [0.3, 0.4) is 0 Å². The zero-order chi connectivity index (χ0) is 30.2. The summed E-state index contributed by atoms with van der Waals surface area (Å²) in [6.45, 7) is 2.93. The molecule has 0 bridgehead atoms. The molecule has 0 saturated carbocycles. The van der Waals surface area contributed by atoms with Gasteiger partial charge < -0.3 is 48.1 Å². The number of aliphatic hydroxyl groups excluding tert-OH is 1. The number of fused-ring (bicyclic) bond motifs is 4. The molecule has 1 heterocycles. The molecule has 3 aromatic rings. The highest BCUT2D eigenvalue weighted by molar-refractivity contribution is 5.91. The Bertz CT molecular complexity index is 1470. The molecule has 0 saturated heterocycles. The first kappa shape index (κ1) is 29.3. The summed E-state index contributed by atoms with van der Waals surface area (Å²) in [5.41, 5.74) is -0.152. The standard InChI is InChI=1S/C31H34O11/c1-16-24(42-30(33)17-10-8-7-9-11-17)18-12-21-26(41-15-39-21)28(40-14-35-3)22(18)23-19(29(32)31(16,2)34)13-20(36-4)25(37-5)27(23)38-6/h7-13,16,24,29,32,34H,14-15H2,1-6H3/t16-,24+,29+,31-/m0/s1. The fraction of sp³-hybridized carbons (Fsp3) is 0.387. The summed E-state index contributed by atoms with van der Waals surface area (Å²) in [7, 11) is 5.83. The van der Waals surface area contributed by atoms with Crippen LogP contribution in [-0.2, 0) is 9.47 Å². The Labute approximate surface area is 243 Å². The molecule has 0 unspecified atom stereocenters. The van der Waals surface area contributed by atoms with E-state index in [1.54, 1.807) is 49.4 Å². The van der Waals surface area contributed by atoms with Gasteiger partial charge in [-0.3, -0.25) is 0 Å². The molecular weight excluding hydrogens is 548 g/mol. The Morgan fingerprint density at radius 1 is 0.952 bits per heavy atom. The maximum Gasteiger partial charge on any atom is 0.338 e. The van der Waals surface area contributed by atoms with Crippen molar-refractivity contribution in [3.63, 3.8) is 0 Å². The first-order chi connectivity index (χ1) is 20.2. The third kappa shape index (κ3) is 4.73. The molecule has 2 aliphatic rings. The van der Waals surface area contributed by atoms with Crippen LogP contribution < -0.4 is 28.4 Å². The maximum atomic E-state index is 13.5. The third-order valence-corrected chi connectivity index (χ3v) is 7.86. The molecule has 3 aromatic carbocycles. The second-order valence-electron chi connectivity index (χ2n) is 10.2. The average Bonchev–Trinajstić information content (AvgIpc) is 3.48. The molecule has 1 aliphatic heterocycles. The summed E-state index contributed by atoms with van der Waals surface area (Å²) >= 11 is 0. The smallest absolute Gasteiger partial charge is 0.338 e. The van der Waals surface area contributed by atoms with Gasteiger partial charge in [-0.15, -0.1) is 0 Å². The van der Waals surface area contributed by atoms with Crippen molar-refractivity contribution in [2.24, 2.45) is 5.92 Å². The lowest BCUT2D eigenvalue weighted by Gasteiger charge is -2.42. The summed E-state index contributed by atoms with van der Waals surface area (Å²) in [5.74, 6) is 0.0405. The average molecular weight is 583 g/mol. The van der Waals surface area contributed by atoms with E-state index in [4.69, 9.17) is 37.9 Å². The van der Waals surface area contributed by atoms with Gasteiger partial charge in [0.25, 0.3) is 0 Å². The normalized spacial score (nSPS) is 22.2. The Morgan fingerprint density at radius 3 is 2.29 bits per heavy atom. The molecule has 11 nitrogen and oxygen atoms in total. The Kier molecular flexibility index (Phi) is 8.09. The van der Waals surface area contributed by atoms with Crippen molar-refractivity contribution in [1.29, 1.82) is 0 Å². The van der Waals surface area contributed by atoms with Gasteiger partial charge in [-0.05, 0) is 36.8 Å². The largest absolute Gasteiger partial charge is 0.493 e. The number of rotatable bonds is 8. The molecule has 0 spiro atoms. The molecule has 224 valence electrons. The van der Waals surface area contributed by atoms with Crippen LogP contribution >= 0.6 is 0 Å². The predicted molar refractivity (Wildman–Crippen MR) is 150 cm³/mol. The Hall–Kier alpha value is -4.19. The number of esters is 1. The first-order valence-electron chi connectivity index (χ1n) is 13.3. The van der Waals surface area contributed by atoms with E-state index in [0.29, 0.717) is 28.0 Å². The van der Waals surface area contributed by atoms with Crippen molar-refractivity contribution < 1.29 is 52.9 Å². The third-order valence-electron chi connectivity index (χ3n) is 7.86. The molecule has 0 amide bonds. The summed E-state index contributed by atoms with van der Waals surface area (Å²) in [6, 6.07) is 11.8. The number of methoxy groups -OCH3 is 4. The molecular formula is C31H34O11. The van der Waals surface area contributed by atoms with Gasteiger partial charge in [0.15, 0.2) is 29.8 Å². The highest BCUT2D eigenvalue weighted by Gasteiger charge is 2.49. The van der Waals surface area contributed by atoms with Crippen LogP contribution in [0.15, 0.2) is 42.5 Å². The van der Waals surface area contributed by atoms with E-state index in [-0.39, 0.29) is 47.9 Å². The van der Waals surface area contributed by atoms with Gasteiger partial charge in [0.05, 0.1) is 32.5 Å². The number of aliphatic hydroxyl groups is 2. The van der Waals surface area contributed by atoms with E-state index < -0.39 is 29.7 Å². The van der Waals surface area contributed by atoms with Crippen molar-refractivity contribution in [3.05, 3.63) is 59.2 Å². The van der Waals surface area contributed by atoms with Crippen LogP contribution in [-0.4, -0.2) is 63.8 Å². The van der Waals surface area contributed by atoms with Crippen molar-refractivity contribution >= 4 is 5.97 Å². The second-order valence-corrected chi connectivity index (χ2v) is 10.2. The molecule has 11 heteroatoms. The SMILES string of the molecule is COCOc1c2c(cc3c1-c1c(cc(OC)c(OC)c1OC)[C@@H](O)[C@@](C)(O)[C@@H](C)[C@H]3OC(=O)c1ccccc1)OCO2. The number of hydrogen-bond donors (Lipinski definition) is 2. The summed E-state index contributed by atoms with van der Waals surface area (Å²) in [6.07, 6.45) is -2.62. The minimum absolute atomic E-state index is 0.0815. The lowest BCUT2D eigenvalue weighted by molar-refractivity contribution is -0.131. The minimum Gasteiger partial charge on any atom is -0.493 e. The van der Waals surface area contributed by atoms with Gasteiger partial charge >= 0.3 is 5.97 Å². The van der Waals surface area contributed by atoms with Crippen LogP contribution in [0.2, 0.25) is 0 Å². The molecule has 5 rings (SSSR count). The van der Waals surface area contributed by atoms with E-state index in [1.807, 2.05) is 0 Å². The van der Waals surface area contributed by atoms with E-state index in [9.17, 15) is 15.0 Å². The molecule has 0 fully saturated rings. The van der Waals surface area contributed by atoms with Gasteiger partial charge in [0.2, 0.25) is 18.3 Å². The van der Waals surface area contributed by atoms with Crippen LogP contribution in [0.5, 0.6) is 34.5 Å². The van der Waals surface area contributed by atoms with Crippen molar-refractivity contribution in [1.82, 2.24) is 0 Å². The van der Waals surface area contributed by atoms with Crippen LogP contribution in [0.25, 0.3) is 11.1 Å². The lowest BCUT2D eigenvalue weighted by Crippen LogP contribution is -2.44. The number of hydrogen-bond acceptors (Lipinski definition) is 11. The van der Waals surface area contributed by atoms with Crippen molar-refractivity contribution in [2.45, 2.75) is 31.7 Å². The molecule has 42 heavy (non-hydrogen) atoms. The zero-order valence-electron chi connectivity index (χ0n) is 24.3. The Balaban J connectivity index is 1.90. The molecule has 1 aliphatic carbocycles. The second kappa shape index (κ2) is 11.6. The first-order valence-corrected chi connectivity index (χ1v) is 13.3. The van der Waals surface area contributed by atoms with Gasteiger partial charge in [0, 0.05) is 29.7 Å². The minimum atomic E-state index is -1.83. The van der Waals surface area contributed by atoms with Crippen LogP contribution in [0.1, 0.15) is 47.5 Å². The molecule has 0 aromatic heterocycles. The summed E-state index contributed by atoms with van der Waals surface area (Å²) in [5, 5.41) is 23.8. The highest BCUT2D eigenvalue weighted by Crippen LogP contribution is 2.60. The lowest BCUT2D eigenvalue weighted by atomic mass is 9.71. The topological polar surface area (TPSA) is 131 Å². The van der Waals surface area contributed by atoms with Gasteiger partial charge in [-0.2, -0.15) is 0 Å². The maximum absolute atomic E-state index is 13.5. The number of ether oxygens (including phenoxy) is 8. The van der Waals surface area contributed by atoms with E-state index in [1.165, 1.54) is 35.4 Å². The van der Waals surface area contributed by atoms with Gasteiger partial charge in [-0.1, -0.05) is 25.1 Å². The fourth-order valence-corrected chi connectivity index (χ4v) is 5.48. The van der Waals surface area contributed by atoms with Crippen LogP contribution in [0, 0.1) is 5.92 Å². The summed E-state index contributed by atoms with van der Waals surface area (Å²) in [4.78, 5) is 13.5. The summed E-state index contributed by atoms with van der Waals surface area (Å²) < 4.78 is 46.2. The number of benzene rings is 3. The Morgan fingerprint density at radius 2 is 1.64 bits per heavy atom. The highest BCUT2D eigenvalue weighted by atomic mass is 16.7. The van der Waals surface area contributed by atoms with Gasteiger partial charge in [0.1, 0.15) is 12.2 Å². The molecule has 4 atom stereocenters. The van der Waals surface area contributed by atoms with Crippen molar-refractivity contribution in [3.8, 4) is 45.6 Å². The zero-order valence-corrected chi connectivity index (χ0v) is 24.3. The van der Waals surface area contributed by atoms with E-state index in [2.05, 4.69) is 0 Å². The van der Waals surface area contributed by atoms with E-state index in [0.717, 1.165) is 0 Å².